The summed E-state index contributed by atoms with van der Waals surface area (Å²) < 4.78 is 0. The lowest BCUT2D eigenvalue weighted by atomic mass is 9.95. The molecular formula is C37H50N8O13S. The molecule has 0 spiro atoms. The van der Waals surface area contributed by atoms with Gasteiger partial charge in [-0.1, -0.05) is 32.0 Å². The average molecular weight is 847 g/mol. The van der Waals surface area contributed by atoms with Crippen molar-refractivity contribution < 1.29 is 63.9 Å². The number of nitrogens with zero attached hydrogens (tertiary/aromatic N) is 1. The normalized spacial score (nSPS) is 29.5. The zero-order chi connectivity index (χ0) is 43.5. The van der Waals surface area contributed by atoms with Gasteiger partial charge in [0.2, 0.25) is 41.4 Å². The van der Waals surface area contributed by atoms with Gasteiger partial charge in [0.25, 0.3) is 0 Å². The first kappa shape index (κ1) is 44.8. The van der Waals surface area contributed by atoms with Crippen LogP contribution in [0, 0.1) is 5.92 Å². The van der Waals surface area contributed by atoms with Crippen LogP contribution in [-0.4, -0.2) is 162 Å². The molecule has 0 unspecified atom stereocenters. The van der Waals surface area contributed by atoms with Crippen LogP contribution in [0.3, 0.4) is 0 Å². The summed E-state index contributed by atoms with van der Waals surface area (Å²) in [7, 11) is 0. The fraction of sp³-hybridized carbons (Fsp3) is 0.568. The fourth-order valence-corrected chi connectivity index (χ4v) is 8.25. The van der Waals surface area contributed by atoms with E-state index in [4.69, 9.17) is 0 Å². The number of rotatable bonds is 6. The van der Waals surface area contributed by atoms with Crippen molar-refractivity contribution in [2.45, 2.75) is 112 Å². The van der Waals surface area contributed by atoms with Crippen molar-refractivity contribution in [3.63, 3.8) is 0 Å². The lowest BCUT2D eigenvalue weighted by Crippen LogP contribution is -2.64. The monoisotopic (exact) mass is 846 g/mol. The number of aliphatic carboxylic acids is 1. The SMILES string of the molecule is CC(C)[C@@H]1NC(=O)[C@H](C[C@@](C)(O)CO)NC(=O)[C@@H]2Cc3c([nH]c4ccccc34)SC[C@H](NC(=O)[C@@H]([C@@H](O)C(=O)O)NC1=O)C(=O)N1C[C@@H](O)C[C@H]1C(=O)N[C@@H](C)C(=O)N2. The van der Waals surface area contributed by atoms with Gasteiger partial charge in [-0.05, 0) is 31.4 Å². The Kier molecular flexibility index (Phi) is 13.9. The standard InChI is InChI=1S/C37H50N8O13S/c1-15(2)25-32(53)44-26(27(48)36(56)57)33(54)41-23-13-59-34-19(18-7-5-6-8-20(18)42-34)10-21(29(50)40-22(30(51)43-25)11-37(4,58)14-46)39-28(49)16(3)38-31(52)24-9-17(47)12-45(24)35(23)55/h5-8,15-17,21-27,42,46-48,58H,9-14H2,1-4H3,(H,38,52)(H,39,49)(H,40,50)(H,41,54)(H,43,51)(H,44,53)(H,56,57)/t16-,17-,21-,22-,23-,24-,25-,26+,27+,37+/m0/s1. The Bertz CT molecular complexity index is 1990. The third-order valence-electron chi connectivity index (χ3n) is 10.5. The number of amides is 7. The maximum absolute atomic E-state index is 14.4. The molecule has 3 aliphatic rings. The number of aliphatic hydroxyl groups excluding tert-OH is 3. The minimum atomic E-state index is -2.58. The highest BCUT2D eigenvalue weighted by molar-refractivity contribution is 7.99. The molecular weight excluding hydrogens is 797 g/mol. The first-order chi connectivity index (χ1) is 27.7. The van der Waals surface area contributed by atoms with Crippen LogP contribution in [0.1, 0.15) is 46.1 Å². The number of carbonyl (C=O) groups is 8. The van der Waals surface area contributed by atoms with E-state index in [1.54, 1.807) is 24.3 Å². The number of hydrogen-bond donors (Lipinski definition) is 12. The van der Waals surface area contributed by atoms with Crippen LogP contribution in [0.2, 0.25) is 0 Å². The number of para-hydroxylation sites is 1. The highest BCUT2D eigenvalue weighted by Crippen LogP contribution is 2.32. The van der Waals surface area contributed by atoms with Gasteiger partial charge in [0.15, 0.2) is 6.10 Å². The first-order valence-electron chi connectivity index (χ1n) is 19.0. The molecule has 1 aromatic carbocycles. The van der Waals surface area contributed by atoms with E-state index >= 15 is 0 Å². The molecule has 4 heterocycles. The molecule has 2 aromatic rings. The number of carboxylic acids is 1. The minimum absolute atomic E-state index is 0.259. The largest absolute Gasteiger partial charge is 0.479 e. The zero-order valence-corrected chi connectivity index (χ0v) is 33.5. The predicted molar refractivity (Wildman–Crippen MR) is 207 cm³/mol. The van der Waals surface area contributed by atoms with E-state index in [-0.39, 0.29) is 25.1 Å². The third-order valence-corrected chi connectivity index (χ3v) is 11.6. The fourth-order valence-electron chi connectivity index (χ4n) is 7.14. The van der Waals surface area contributed by atoms with Crippen molar-refractivity contribution in [3.8, 4) is 0 Å². The lowest BCUT2D eigenvalue weighted by Gasteiger charge is -2.32. The van der Waals surface area contributed by atoms with Crippen molar-refractivity contribution in [1.82, 2.24) is 41.8 Å². The Morgan fingerprint density at radius 1 is 0.881 bits per heavy atom. The molecule has 2 bridgehead atoms. The number of hydrogen-bond acceptors (Lipinski definition) is 13. The number of thioether (sulfide) groups is 1. The van der Waals surface area contributed by atoms with Crippen LogP contribution < -0.4 is 31.9 Å². The lowest BCUT2D eigenvalue weighted by molar-refractivity contribution is -0.152. The molecule has 7 amide bonds. The molecule has 22 heteroatoms. The third kappa shape index (κ3) is 10.3. The second-order valence-corrected chi connectivity index (χ2v) is 16.7. The Hall–Kier alpha value is -5.29. The molecule has 0 saturated carbocycles. The highest BCUT2D eigenvalue weighted by Gasteiger charge is 2.45. The smallest absolute Gasteiger partial charge is 0.335 e. The number of benzene rings is 1. The second kappa shape index (κ2) is 18.3. The number of fused-ring (bicyclic) bond motifs is 5. The summed E-state index contributed by atoms with van der Waals surface area (Å²) in [6.07, 6.45) is -4.92. The summed E-state index contributed by atoms with van der Waals surface area (Å²) in [5.74, 6) is -10.1. The molecule has 1 saturated heterocycles. The van der Waals surface area contributed by atoms with Crippen molar-refractivity contribution >= 4 is 70.0 Å². The van der Waals surface area contributed by atoms with Crippen molar-refractivity contribution in [2.24, 2.45) is 5.92 Å². The van der Waals surface area contributed by atoms with Crippen LogP contribution >= 0.6 is 11.8 Å². The summed E-state index contributed by atoms with van der Waals surface area (Å²) >= 11 is 0.978. The van der Waals surface area contributed by atoms with Gasteiger partial charge in [-0.3, -0.25) is 33.6 Å². The number of aromatic nitrogens is 1. The number of carbonyl (C=O) groups excluding carboxylic acids is 7. The van der Waals surface area contributed by atoms with Gasteiger partial charge in [0.1, 0.15) is 42.3 Å². The van der Waals surface area contributed by atoms with E-state index < -0.39 is 126 Å². The second-order valence-electron chi connectivity index (χ2n) is 15.7. The van der Waals surface area contributed by atoms with Crippen LogP contribution in [0.4, 0.5) is 0 Å². The Labute approximate surface area is 341 Å². The van der Waals surface area contributed by atoms with Crippen molar-refractivity contribution in [2.75, 3.05) is 18.9 Å². The summed E-state index contributed by atoms with van der Waals surface area (Å²) in [6, 6.07) is -4.38. The molecule has 21 nitrogen and oxygen atoms in total. The molecule has 59 heavy (non-hydrogen) atoms. The van der Waals surface area contributed by atoms with E-state index in [1.807, 2.05) is 0 Å². The summed E-state index contributed by atoms with van der Waals surface area (Å²) in [5, 5.41) is 67.6. The van der Waals surface area contributed by atoms with Gasteiger partial charge in [0.05, 0.1) is 23.3 Å². The molecule has 12 N–H and O–H groups in total. The van der Waals surface area contributed by atoms with Crippen LogP contribution in [0.25, 0.3) is 10.9 Å². The van der Waals surface area contributed by atoms with E-state index in [1.165, 1.54) is 27.7 Å². The van der Waals surface area contributed by atoms with Crippen molar-refractivity contribution in [3.05, 3.63) is 29.8 Å². The highest BCUT2D eigenvalue weighted by atomic mass is 32.2. The first-order valence-corrected chi connectivity index (χ1v) is 20.0. The summed E-state index contributed by atoms with van der Waals surface area (Å²) in [5.41, 5.74) is -0.960. The Balaban J connectivity index is 1.73. The summed E-state index contributed by atoms with van der Waals surface area (Å²) in [4.78, 5) is 114. The van der Waals surface area contributed by atoms with Crippen LogP contribution in [0.5, 0.6) is 0 Å². The van der Waals surface area contributed by atoms with Gasteiger partial charge in [-0.15, -0.1) is 11.8 Å². The maximum Gasteiger partial charge on any atom is 0.335 e. The van der Waals surface area contributed by atoms with Crippen molar-refractivity contribution in [1.29, 1.82) is 0 Å². The van der Waals surface area contributed by atoms with Gasteiger partial charge in [-0.25, -0.2) is 4.79 Å². The van der Waals surface area contributed by atoms with Gasteiger partial charge in [-0.2, -0.15) is 0 Å². The van der Waals surface area contributed by atoms with Gasteiger partial charge < -0.3 is 67.3 Å². The number of nitrogens with one attached hydrogen (secondary N) is 7. The van der Waals surface area contributed by atoms with E-state index in [9.17, 15) is 63.9 Å². The molecule has 1 fully saturated rings. The van der Waals surface area contributed by atoms with E-state index in [2.05, 4.69) is 36.9 Å². The molecule has 322 valence electrons. The number of aromatic amines is 1. The zero-order valence-electron chi connectivity index (χ0n) is 32.7. The topological polar surface area (TPSA) is 329 Å². The molecule has 1 aromatic heterocycles. The van der Waals surface area contributed by atoms with E-state index in [0.717, 1.165) is 16.7 Å². The van der Waals surface area contributed by atoms with Crippen LogP contribution in [-0.2, 0) is 44.8 Å². The molecule has 0 radical (unpaired) electrons. The molecule has 0 aliphatic carbocycles. The van der Waals surface area contributed by atoms with Crippen LogP contribution in [0.15, 0.2) is 29.3 Å². The maximum atomic E-state index is 14.4. The molecule has 10 atom stereocenters. The average Bonchev–Trinajstić information content (AvgIpc) is 3.74. The Morgan fingerprint density at radius 3 is 2.19 bits per heavy atom. The number of aliphatic hydroxyl groups is 4. The summed E-state index contributed by atoms with van der Waals surface area (Å²) in [6.45, 7) is 4.26. The minimum Gasteiger partial charge on any atom is -0.479 e. The quantitative estimate of drug-likeness (QED) is 0.132. The molecule has 5 rings (SSSR count). The van der Waals surface area contributed by atoms with E-state index in [0.29, 0.717) is 21.5 Å². The van der Waals surface area contributed by atoms with Gasteiger partial charge in [0, 0.05) is 42.5 Å². The van der Waals surface area contributed by atoms with Gasteiger partial charge >= 0.3 is 5.97 Å². The number of carboxylic acid groups (broad SMARTS) is 1. The predicted octanol–water partition coefficient (Wildman–Crippen LogP) is -4.04. The Morgan fingerprint density at radius 2 is 1.53 bits per heavy atom. The molecule has 3 aliphatic heterocycles. The number of H-pyrrole nitrogens is 1.